The van der Waals surface area contributed by atoms with Gasteiger partial charge in [-0.15, -0.1) is 0 Å². The van der Waals surface area contributed by atoms with Crippen molar-refractivity contribution >= 4 is 0 Å². The first kappa shape index (κ1) is 12.0. The van der Waals surface area contributed by atoms with Gasteiger partial charge in [0, 0.05) is 0 Å². The normalized spacial score (nSPS) is 23.8. The van der Waals surface area contributed by atoms with E-state index in [2.05, 4.69) is 13.8 Å². The lowest BCUT2D eigenvalue weighted by atomic mass is 9.79. The second kappa shape index (κ2) is 5.16. The van der Waals surface area contributed by atoms with Gasteiger partial charge in [-0.2, -0.15) is 0 Å². The van der Waals surface area contributed by atoms with Crippen molar-refractivity contribution in [2.45, 2.75) is 71.3 Å². The first-order valence-electron chi connectivity index (χ1n) is 6.22. The Balaban J connectivity index is 2.32. The van der Waals surface area contributed by atoms with Crippen molar-refractivity contribution in [1.82, 2.24) is 0 Å². The van der Waals surface area contributed by atoms with Gasteiger partial charge >= 0.3 is 0 Å². The monoisotopic (exact) mass is 198 g/mol. The minimum Gasteiger partial charge on any atom is -0.390 e. The average Bonchev–Trinajstić information content (AvgIpc) is 2.02. The van der Waals surface area contributed by atoms with Crippen molar-refractivity contribution in [3.8, 4) is 0 Å². The van der Waals surface area contributed by atoms with Gasteiger partial charge in [0.2, 0.25) is 0 Å². The molecule has 1 aliphatic carbocycles. The van der Waals surface area contributed by atoms with Crippen molar-refractivity contribution in [1.29, 1.82) is 0 Å². The molecule has 1 atom stereocenters. The third-order valence-corrected chi connectivity index (χ3v) is 3.30. The van der Waals surface area contributed by atoms with Crippen LogP contribution in [0.25, 0.3) is 0 Å². The quantitative estimate of drug-likeness (QED) is 0.729. The van der Waals surface area contributed by atoms with E-state index in [-0.39, 0.29) is 0 Å². The van der Waals surface area contributed by atoms with Crippen LogP contribution in [0.2, 0.25) is 0 Å². The minimum atomic E-state index is -0.420. The molecule has 1 rings (SSSR count). The fourth-order valence-corrected chi connectivity index (χ4v) is 2.98. The van der Waals surface area contributed by atoms with E-state index in [1.165, 1.54) is 32.1 Å². The van der Waals surface area contributed by atoms with Crippen molar-refractivity contribution < 1.29 is 5.11 Å². The van der Waals surface area contributed by atoms with Gasteiger partial charge in [-0.1, -0.05) is 46.0 Å². The van der Waals surface area contributed by atoms with Gasteiger partial charge in [0.05, 0.1) is 5.60 Å². The second-order valence-corrected chi connectivity index (χ2v) is 5.80. The third kappa shape index (κ3) is 4.45. The largest absolute Gasteiger partial charge is 0.390 e. The Morgan fingerprint density at radius 2 is 1.79 bits per heavy atom. The van der Waals surface area contributed by atoms with E-state index >= 15 is 0 Å². The van der Waals surface area contributed by atoms with E-state index in [0.29, 0.717) is 5.92 Å². The Labute approximate surface area is 88.9 Å². The Bertz CT molecular complexity index is 155. The molecule has 14 heavy (non-hydrogen) atoms. The maximum absolute atomic E-state index is 10.2. The number of rotatable bonds is 4. The molecule has 0 bridgehead atoms. The van der Waals surface area contributed by atoms with Gasteiger partial charge in [-0.25, -0.2) is 0 Å². The molecule has 0 aromatic heterocycles. The molecule has 0 amide bonds. The zero-order chi connectivity index (χ0) is 10.6. The average molecular weight is 198 g/mol. The van der Waals surface area contributed by atoms with Crippen LogP contribution in [0.5, 0.6) is 0 Å². The maximum atomic E-state index is 10.2. The number of hydrogen-bond donors (Lipinski definition) is 1. The van der Waals surface area contributed by atoms with Crippen LogP contribution in [0.3, 0.4) is 0 Å². The summed E-state index contributed by atoms with van der Waals surface area (Å²) >= 11 is 0. The van der Waals surface area contributed by atoms with Crippen molar-refractivity contribution in [2.75, 3.05) is 0 Å². The molecule has 0 aromatic carbocycles. The zero-order valence-corrected chi connectivity index (χ0v) is 10.1. The molecule has 1 heteroatoms. The molecule has 0 saturated heterocycles. The van der Waals surface area contributed by atoms with E-state index in [9.17, 15) is 5.11 Å². The highest BCUT2D eigenvalue weighted by Gasteiger charge is 2.27. The maximum Gasteiger partial charge on any atom is 0.0624 e. The molecule has 1 saturated carbocycles. The summed E-state index contributed by atoms with van der Waals surface area (Å²) in [5.41, 5.74) is -0.420. The minimum absolute atomic E-state index is 0.420. The van der Waals surface area contributed by atoms with Crippen molar-refractivity contribution in [3.63, 3.8) is 0 Å². The van der Waals surface area contributed by atoms with E-state index in [0.717, 1.165) is 18.8 Å². The Morgan fingerprint density at radius 1 is 1.21 bits per heavy atom. The van der Waals surface area contributed by atoms with Crippen LogP contribution < -0.4 is 0 Å². The first-order chi connectivity index (χ1) is 6.49. The zero-order valence-electron chi connectivity index (χ0n) is 10.1. The molecule has 1 nitrogen and oxygen atoms in total. The summed E-state index contributed by atoms with van der Waals surface area (Å²) in [6.07, 6.45) is 8.81. The molecule has 0 spiro atoms. The highest BCUT2D eigenvalue weighted by molar-refractivity contribution is 4.79. The Kier molecular flexibility index (Phi) is 4.43. The van der Waals surface area contributed by atoms with Crippen LogP contribution in [0, 0.1) is 11.8 Å². The van der Waals surface area contributed by atoms with E-state index in [1.54, 1.807) is 0 Å². The van der Waals surface area contributed by atoms with Crippen LogP contribution in [0.15, 0.2) is 0 Å². The van der Waals surface area contributed by atoms with Crippen LogP contribution in [-0.2, 0) is 0 Å². The molecule has 0 aromatic rings. The lowest BCUT2D eigenvalue weighted by molar-refractivity contribution is 0.00909. The third-order valence-electron chi connectivity index (χ3n) is 3.30. The SMILES string of the molecule is CC(C)CC(C)(O)CC1CCCCC1. The fraction of sp³-hybridized carbons (Fsp3) is 1.00. The van der Waals surface area contributed by atoms with Gasteiger partial charge in [0.1, 0.15) is 0 Å². The fourth-order valence-electron chi connectivity index (χ4n) is 2.98. The first-order valence-corrected chi connectivity index (χ1v) is 6.22. The van der Waals surface area contributed by atoms with Gasteiger partial charge < -0.3 is 5.11 Å². The van der Waals surface area contributed by atoms with Crippen LogP contribution in [0.1, 0.15) is 65.7 Å². The lowest BCUT2D eigenvalue weighted by Crippen LogP contribution is -2.30. The predicted octanol–water partition coefficient (Wildman–Crippen LogP) is 3.75. The molecular weight excluding hydrogens is 172 g/mol. The molecule has 1 aliphatic rings. The molecule has 1 fully saturated rings. The second-order valence-electron chi connectivity index (χ2n) is 5.80. The Hall–Kier alpha value is -0.0400. The summed E-state index contributed by atoms with van der Waals surface area (Å²) in [5.74, 6) is 1.39. The molecular formula is C13H26O. The van der Waals surface area contributed by atoms with Crippen molar-refractivity contribution in [2.24, 2.45) is 11.8 Å². The smallest absolute Gasteiger partial charge is 0.0624 e. The standard InChI is InChI=1S/C13H26O/c1-11(2)9-13(3,14)10-12-7-5-4-6-8-12/h11-12,14H,4-10H2,1-3H3. The molecule has 84 valence electrons. The topological polar surface area (TPSA) is 20.2 Å². The molecule has 1 unspecified atom stereocenters. The van der Waals surface area contributed by atoms with E-state index < -0.39 is 5.60 Å². The van der Waals surface area contributed by atoms with Gasteiger partial charge in [-0.3, -0.25) is 0 Å². The summed E-state index contributed by atoms with van der Waals surface area (Å²) < 4.78 is 0. The van der Waals surface area contributed by atoms with E-state index in [4.69, 9.17) is 0 Å². The number of aliphatic hydroxyl groups is 1. The number of hydrogen-bond acceptors (Lipinski definition) is 1. The van der Waals surface area contributed by atoms with Crippen LogP contribution >= 0.6 is 0 Å². The predicted molar refractivity (Wildman–Crippen MR) is 61.3 cm³/mol. The van der Waals surface area contributed by atoms with E-state index in [1.807, 2.05) is 6.92 Å². The summed E-state index contributed by atoms with van der Waals surface area (Å²) in [5, 5.41) is 10.2. The van der Waals surface area contributed by atoms with Crippen molar-refractivity contribution in [3.05, 3.63) is 0 Å². The molecule has 0 heterocycles. The summed E-state index contributed by atoms with van der Waals surface area (Å²) in [6, 6.07) is 0. The summed E-state index contributed by atoms with van der Waals surface area (Å²) in [7, 11) is 0. The van der Waals surface area contributed by atoms with Gasteiger partial charge in [0.25, 0.3) is 0 Å². The summed E-state index contributed by atoms with van der Waals surface area (Å²) in [4.78, 5) is 0. The van der Waals surface area contributed by atoms with Crippen LogP contribution in [0.4, 0.5) is 0 Å². The highest BCUT2D eigenvalue weighted by atomic mass is 16.3. The molecule has 1 N–H and O–H groups in total. The van der Waals surface area contributed by atoms with Gasteiger partial charge in [-0.05, 0) is 31.6 Å². The van der Waals surface area contributed by atoms with Crippen LogP contribution in [-0.4, -0.2) is 10.7 Å². The highest BCUT2D eigenvalue weighted by Crippen LogP contribution is 2.33. The summed E-state index contributed by atoms with van der Waals surface area (Å²) in [6.45, 7) is 6.40. The molecule has 0 aliphatic heterocycles. The molecule has 0 radical (unpaired) electrons. The Morgan fingerprint density at radius 3 is 2.29 bits per heavy atom. The lowest BCUT2D eigenvalue weighted by Gasteiger charge is -2.31. The van der Waals surface area contributed by atoms with Gasteiger partial charge in [0.15, 0.2) is 0 Å².